The fourth-order valence-corrected chi connectivity index (χ4v) is 5.21. The quantitative estimate of drug-likeness (QED) is 0.837. The molecule has 0 saturated carbocycles. The molecule has 0 unspecified atom stereocenters. The van der Waals surface area contributed by atoms with Gasteiger partial charge in [0.1, 0.15) is 17.2 Å². The molecule has 28 heavy (non-hydrogen) atoms. The average Bonchev–Trinajstić information content (AvgIpc) is 2.89. The van der Waals surface area contributed by atoms with Gasteiger partial charge in [0.15, 0.2) is 11.6 Å². The highest BCUT2D eigenvalue weighted by atomic mass is 32.2. The number of benzene rings is 2. The monoisotopic (exact) mass is 413 g/mol. The summed E-state index contributed by atoms with van der Waals surface area (Å²) in [5, 5.41) is 3.13. The van der Waals surface area contributed by atoms with Crippen molar-refractivity contribution in [3.63, 3.8) is 0 Å². The van der Waals surface area contributed by atoms with Gasteiger partial charge in [0.05, 0.1) is 18.4 Å². The molecular formula is C18H18F3N3O3S. The third kappa shape index (κ3) is 3.11. The van der Waals surface area contributed by atoms with Crippen LogP contribution < -0.4 is 13.9 Å². The molecule has 2 aromatic rings. The summed E-state index contributed by atoms with van der Waals surface area (Å²) in [4.78, 5) is 0. The van der Waals surface area contributed by atoms with Crippen molar-refractivity contribution in [2.45, 2.75) is 12.5 Å². The van der Waals surface area contributed by atoms with Gasteiger partial charge in [-0.05, 0) is 30.7 Å². The van der Waals surface area contributed by atoms with E-state index in [9.17, 15) is 21.6 Å². The Bertz CT molecular complexity index is 977. The van der Waals surface area contributed by atoms with E-state index in [2.05, 4.69) is 5.32 Å². The van der Waals surface area contributed by atoms with Gasteiger partial charge >= 0.3 is 10.2 Å². The van der Waals surface area contributed by atoms with Gasteiger partial charge in [-0.25, -0.2) is 21.8 Å². The van der Waals surface area contributed by atoms with Gasteiger partial charge in [-0.2, -0.15) is 8.42 Å². The molecule has 0 radical (unpaired) electrons. The average molecular weight is 413 g/mol. The number of morpholine rings is 1. The largest absolute Gasteiger partial charge is 0.376 e. The molecule has 1 fully saturated rings. The molecule has 0 aliphatic carbocycles. The van der Waals surface area contributed by atoms with Crippen LogP contribution in [0.1, 0.15) is 6.42 Å². The maximum atomic E-state index is 14.6. The van der Waals surface area contributed by atoms with Crippen molar-refractivity contribution >= 4 is 27.3 Å². The first-order valence-electron chi connectivity index (χ1n) is 8.79. The Balaban J connectivity index is 1.77. The SMILES string of the molecule is O=S1(=O)N(CC[C@@H]2CNCCO2)c2c(F)cccc2N1c1c(F)cccc1F. The lowest BCUT2D eigenvalue weighted by Gasteiger charge is -2.27. The number of rotatable bonds is 4. The van der Waals surface area contributed by atoms with Crippen LogP contribution in [0.15, 0.2) is 36.4 Å². The molecule has 4 rings (SSSR count). The number of ether oxygens (including phenoxy) is 1. The topological polar surface area (TPSA) is 61.9 Å². The minimum atomic E-state index is -4.44. The van der Waals surface area contributed by atoms with Crippen LogP contribution in [0.2, 0.25) is 0 Å². The lowest BCUT2D eigenvalue weighted by atomic mass is 10.2. The fourth-order valence-electron chi connectivity index (χ4n) is 3.47. The van der Waals surface area contributed by atoms with Gasteiger partial charge in [-0.15, -0.1) is 0 Å². The van der Waals surface area contributed by atoms with Crippen molar-refractivity contribution in [1.82, 2.24) is 5.32 Å². The van der Waals surface area contributed by atoms with Gasteiger partial charge in [0.2, 0.25) is 0 Å². The molecule has 150 valence electrons. The van der Waals surface area contributed by atoms with E-state index in [1.165, 1.54) is 12.1 Å². The first kappa shape index (κ1) is 19.0. The number of nitrogens with zero attached hydrogens (tertiary/aromatic N) is 2. The molecule has 1 N–H and O–H groups in total. The fraction of sp³-hybridized carbons (Fsp3) is 0.333. The molecule has 1 saturated heterocycles. The van der Waals surface area contributed by atoms with Gasteiger partial charge in [-0.1, -0.05) is 12.1 Å². The Morgan fingerprint density at radius 2 is 1.68 bits per heavy atom. The Kier molecular flexibility index (Phi) is 4.94. The van der Waals surface area contributed by atoms with Crippen LogP contribution in [-0.4, -0.2) is 40.8 Å². The third-order valence-electron chi connectivity index (χ3n) is 4.74. The molecule has 2 aromatic carbocycles. The molecule has 0 bridgehead atoms. The van der Waals surface area contributed by atoms with Crippen molar-refractivity contribution in [3.05, 3.63) is 53.8 Å². The van der Waals surface area contributed by atoms with E-state index >= 15 is 0 Å². The predicted molar refractivity (Wildman–Crippen MR) is 98.4 cm³/mol. The second kappa shape index (κ2) is 7.26. The van der Waals surface area contributed by atoms with E-state index in [1.54, 1.807) is 0 Å². The molecule has 0 aromatic heterocycles. The van der Waals surface area contributed by atoms with Crippen LogP contribution in [0.5, 0.6) is 0 Å². The van der Waals surface area contributed by atoms with E-state index in [-0.39, 0.29) is 24.0 Å². The zero-order chi connectivity index (χ0) is 19.9. The predicted octanol–water partition coefficient (Wildman–Crippen LogP) is 2.69. The number of halogens is 3. The van der Waals surface area contributed by atoms with Crippen LogP contribution >= 0.6 is 0 Å². The van der Waals surface area contributed by atoms with E-state index in [4.69, 9.17) is 4.74 Å². The van der Waals surface area contributed by atoms with Gasteiger partial charge in [-0.3, -0.25) is 0 Å². The summed E-state index contributed by atoms with van der Waals surface area (Å²) in [7, 11) is -4.44. The van der Waals surface area contributed by atoms with E-state index in [0.717, 1.165) is 28.6 Å². The van der Waals surface area contributed by atoms with Crippen LogP contribution in [-0.2, 0) is 14.9 Å². The van der Waals surface area contributed by atoms with Crippen LogP contribution in [0, 0.1) is 17.5 Å². The first-order chi connectivity index (χ1) is 13.4. The highest BCUT2D eigenvalue weighted by Gasteiger charge is 2.45. The van der Waals surface area contributed by atoms with Crippen molar-refractivity contribution in [2.24, 2.45) is 0 Å². The van der Waals surface area contributed by atoms with Crippen LogP contribution in [0.4, 0.5) is 30.2 Å². The molecule has 0 amide bonds. The van der Waals surface area contributed by atoms with Gasteiger partial charge in [0.25, 0.3) is 0 Å². The number of fused-ring (bicyclic) bond motifs is 1. The van der Waals surface area contributed by atoms with Crippen molar-refractivity contribution in [1.29, 1.82) is 0 Å². The molecule has 1 atom stereocenters. The zero-order valence-electron chi connectivity index (χ0n) is 14.7. The second-order valence-corrected chi connectivity index (χ2v) is 8.21. The Morgan fingerprint density at radius 1 is 1.04 bits per heavy atom. The van der Waals surface area contributed by atoms with Gasteiger partial charge in [0, 0.05) is 19.6 Å². The number of anilines is 3. The van der Waals surface area contributed by atoms with Crippen LogP contribution in [0.3, 0.4) is 0 Å². The zero-order valence-corrected chi connectivity index (χ0v) is 15.6. The third-order valence-corrected chi connectivity index (χ3v) is 6.50. The van der Waals surface area contributed by atoms with Crippen molar-refractivity contribution in [3.8, 4) is 0 Å². The lowest BCUT2D eigenvalue weighted by molar-refractivity contribution is 0.0253. The number of nitrogens with one attached hydrogen (secondary N) is 1. The molecule has 2 heterocycles. The van der Waals surface area contributed by atoms with Crippen molar-refractivity contribution < 1.29 is 26.3 Å². The van der Waals surface area contributed by atoms with E-state index in [1.807, 2.05) is 0 Å². The minimum absolute atomic E-state index is 0.0881. The summed E-state index contributed by atoms with van der Waals surface area (Å²) in [6, 6.07) is 6.78. The smallest absolute Gasteiger partial charge is 0.331 e. The highest BCUT2D eigenvalue weighted by molar-refractivity contribution is 7.95. The second-order valence-electron chi connectivity index (χ2n) is 6.51. The number of hydrogen-bond acceptors (Lipinski definition) is 4. The summed E-state index contributed by atoms with van der Waals surface area (Å²) < 4.78 is 76.6. The first-order valence-corrected chi connectivity index (χ1v) is 10.2. The Hall–Kier alpha value is -2.30. The molecule has 2 aliphatic rings. The summed E-state index contributed by atoms with van der Waals surface area (Å²) >= 11 is 0. The maximum absolute atomic E-state index is 14.6. The number of para-hydroxylation sites is 2. The molecule has 0 spiro atoms. The summed E-state index contributed by atoms with van der Waals surface area (Å²) in [5.74, 6) is -2.90. The number of hydrogen-bond donors (Lipinski definition) is 1. The minimum Gasteiger partial charge on any atom is -0.376 e. The normalized spacial score (nSPS) is 21.0. The lowest BCUT2D eigenvalue weighted by Crippen LogP contribution is -2.42. The van der Waals surface area contributed by atoms with E-state index in [0.29, 0.717) is 30.4 Å². The summed E-state index contributed by atoms with van der Waals surface area (Å²) in [6.07, 6.45) is 0.0616. The molecule has 2 aliphatic heterocycles. The van der Waals surface area contributed by atoms with Crippen molar-refractivity contribution in [2.75, 3.05) is 34.9 Å². The standard InChI is InChI=1S/C18H18F3N3O3S/c19-13-3-1-4-14(20)17(13)24-16-6-2-5-15(21)18(16)23(28(24,25)26)9-7-12-11-22-8-10-27-12/h1-6,12,22H,7-11H2/t12-/m1/s1. The van der Waals surface area contributed by atoms with Gasteiger partial charge < -0.3 is 10.1 Å². The van der Waals surface area contributed by atoms with Crippen LogP contribution in [0.25, 0.3) is 0 Å². The maximum Gasteiger partial charge on any atom is 0.331 e. The highest BCUT2D eigenvalue weighted by Crippen LogP contribution is 2.48. The molecule has 6 nitrogen and oxygen atoms in total. The molecule has 10 heteroatoms. The van der Waals surface area contributed by atoms with E-state index < -0.39 is 33.3 Å². The Labute approximate surface area is 160 Å². The Morgan fingerprint density at radius 3 is 2.32 bits per heavy atom. The summed E-state index contributed by atoms with van der Waals surface area (Å²) in [5.41, 5.74) is -1.12. The molecular weight excluding hydrogens is 395 g/mol. The summed E-state index contributed by atoms with van der Waals surface area (Å²) in [6.45, 7) is 1.66.